The van der Waals surface area contributed by atoms with Gasteiger partial charge in [0.05, 0.1) is 6.54 Å². The molecular formula is C10H8N4O. The molecule has 15 heavy (non-hydrogen) atoms. The summed E-state index contributed by atoms with van der Waals surface area (Å²) in [5.41, 5.74) is 9.10. The van der Waals surface area contributed by atoms with Crippen LogP contribution in [0, 0.1) is 11.8 Å². The number of hydrogen-bond donors (Lipinski definition) is 0. The van der Waals surface area contributed by atoms with Crippen molar-refractivity contribution >= 4 is 5.78 Å². The zero-order chi connectivity index (χ0) is 11.1. The van der Waals surface area contributed by atoms with Crippen LogP contribution < -0.4 is 0 Å². The number of hydrogen-bond acceptors (Lipinski definition) is 3. The van der Waals surface area contributed by atoms with Crippen LogP contribution in [0.1, 0.15) is 23.0 Å². The second-order valence-corrected chi connectivity index (χ2v) is 2.68. The summed E-state index contributed by atoms with van der Waals surface area (Å²) in [5.74, 6) is 5.31. The van der Waals surface area contributed by atoms with E-state index >= 15 is 0 Å². The number of nitrogens with zero attached hydrogens (tertiary/aromatic N) is 4. The van der Waals surface area contributed by atoms with Crippen LogP contribution in [0.4, 0.5) is 0 Å². The van der Waals surface area contributed by atoms with Crippen molar-refractivity contribution in [3.63, 3.8) is 0 Å². The van der Waals surface area contributed by atoms with Gasteiger partial charge in [0.15, 0.2) is 5.78 Å². The van der Waals surface area contributed by atoms with Gasteiger partial charge in [0, 0.05) is 16.7 Å². The van der Waals surface area contributed by atoms with Crippen LogP contribution in [0.15, 0.2) is 23.4 Å². The lowest BCUT2D eigenvalue weighted by molar-refractivity contribution is 0.101. The Bertz CT molecular complexity index is 460. The van der Waals surface area contributed by atoms with E-state index in [4.69, 9.17) is 5.53 Å². The third-order valence-electron chi connectivity index (χ3n) is 1.60. The van der Waals surface area contributed by atoms with E-state index in [-0.39, 0.29) is 12.3 Å². The smallest absolute Gasteiger partial charge is 0.161 e. The standard InChI is InChI=1S/C10H8N4O/c1-8(15)9-4-5-10(12-7-9)3-2-6-13-14-11/h4-5,7H,6H2,1H3. The fourth-order valence-corrected chi connectivity index (χ4v) is 0.873. The first-order valence-corrected chi connectivity index (χ1v) is 4.21. The number of pyridine rings is 1. The lowest BCUT2D eigenvalue weighted by Crippen LogP contribution is -1.93. The quantitative estimate of drug-likeness (QED) is 0.240. The first-order valence-electron chi connectivity index (χ1n) is 4.21. The fraction of sp³-hybridized carbons (Fsp3) is 0.200. The number of ketones is 1. The summed E-state index contributed by atoms with van der Waals surface area (Å²) in [4.78, 5) is 17.5. The van der Waals surface area contributed by atoms with Gasteiger partial charge >= 0.3 is 0 Å². The van der Waals surface area contributed by atoms with Crippen LogP contribution in [-0.2, 0) is 0 Å². The summed E-state index contributed by atoms with van der Waals surface area (Å²) < 4.78 is 0. The van der Waals surface area contributed by atoms with Crippen molar-refractivity contribution in [1.82, 2.24) is 4.98 Å². The Hall–Kier alpha value is -2.31. The average molecular weight is 200 g/mol. The molecule has 1 heterocycles. The van der Waals surface area contributed by atoms with Gasteiger partial charge in [0.25, 0.3) is 0 Å². The molecule has 0 N–H and O–H groups in total. The molecule has 0 saturated heterocycles. The molecular weight excluding hydrogens is 192 g/mol. The minimum absolute atomic E-state index is 0.0314. The molecule has 0 fully saturated rings. The van der Waals surface area contributed by atoms with E-state index in [2.05, 4.69) is 26.9 Å². The maximum absolute atomic E-state index is 10.9. The molecule has 0 bridgehead atoms. The third-order valence-corrected chi connectivity index (χ3v) is 1.60. The second kappa shape index (κ2) is 5.43. The van der Waals surface area contributed by atoms with Gasteiger partial charge in [0.2, 0.25) is 0 Å². The SMILES string of the molecule is CC(=O)c1ccc(C#CCN=[N+]=[N-])nc1. The molecule has 1 aromatic rings. The molecule has 0 aliphatic carbocycles. The van der Waals surface area contributed by atoms with E-state index in [1.54, 1.807) is 12.1 Å². The first-order chi connectivity index (χ1) is 7.24. The number of aromatic nitrogens is 1. The maximum Gasteiger partial charge on any atom is 0.161 e. The van der Waals surface area contributed by atoms with E-state index in [0.717, 1.165) is 0 Å². The summed E-state index contributed by atoms with van der Waals surface area (Å²) in [6, 6.07) is 3.31. The van der Waals surface area contributed by atoms with Gasteiger partial charge in [-0.25, -0.2) is 4.98 Å². The molecule has 74 valence electrons. The highest BCUT2D eigenvalue weighted by atomic mass is 16.1. The Balaban J connectivity index is 2.75. The molecule has 0 radical (unpaired) electrons. The molecule has 5 nitrogen and oxygen atoms in total. The van der Waals surface area contributed by atoms with Crippen molar-refractivity contribution in [2.75, 3.05) is 6.54 Å². The highest BCUT2D eigenvalue weighted by Gasteiger charge is 1.97. The van der Waals surface area contributed by atoms with Crippen molar-refractivity contribution in [1.29, 1.82) is 0 Å². The predicted molar refractivity (Wildman–Crippen MR) is 55.1 cm³/mol. The van der Waals surface area contributed by atoms with Crippen molar-refractivity contribution in [2.45, 2.75) is 6.92 Å². The molecule has 0 spiro atoms. The van der Waals surface area contributed by atoms with Crippen LogP contribution in [0.25, 0.3) is 10.4 Å². The van der Waals surface area contributed by atoms with Gasteiger partial charge in [-0.1, -0.05) is 11.0 Å². The van der Waals surface area contributed by atoms with Gasteiger partial charge in [-0.2, -0.15) is 0 Å². The van der Waals surface area contributed by atoms with Crippen LogP contribution in [-0.4, -0.2) is 17.3 Å². The molecule has 0 atom stereocenters. The lowest BCUT2D eigenvalue weighted by atomic mass is 10.2. The molecule has 1 aromatic heterocycles. The van der Waals surface area contributed by atoms with Gasteiger partial charge in [-0.05, 0) is 30.5 Å². The van der Waals surface area contributed by atoms with Gasteiger partial charge in [-0.3, -0.25) is 4.79 Å². The highest BCUT2D eigenvalue weighted by Crippen LogP contribution is 1.99. The molecule has 5 heteroatoms. The van der Waals surface area contributed by atoms with Crippen LogP contribution in [0.3, 0.4) is 0 Å². The summed E-state index contributed by atoms with van der Waals surface area (Å²) in [7, 11) is 0. The van der Waals surface area contributed by atoms with Gasteiger partial charge in [0.1, 0.15) is 5.69 Å². The Kier molecular flexibility index (Phi) is 3.90. The Morgan fingerprint density at radius 1 is 1.67 bits per heavy atom. The summed E-state index contributed by atoms with van der Waals surface area (Å²) >= 11 is 0. The average Bonchev–Trinajstić information content (AvgIpc) is 2.25. The first kappa shape index (κ1) is 10.8. The summed E-state index contributed by atoms with van der Waals surface area (Å²) in [6.07, 6.45) is 1.47. The Labute approximate surface area is 86.8 Å². The largest absolute Gasteiger partial charge is 0.294 e. The number of azide groups is 1. The molecule has 0 aliphatic heterocycles. The molecule has 0 saturated carbocycles. The van der Waals surface area contributed by atoms with E-state index < -0.39 is 0 Å². The highest BCUT2D eigenvalue weighted by molar-refractivity contribution is 5.93. The van der Waals surface area contributed by atoms with Crippen molar-refractivity contribution < 1.29 is 4.79 Å². The monoisotopic (exact) mass is 200 g/mol. The summed E-state index contributed by atoms with van der Waals surface area (Å²) in [6.45, 7) is 1.59. The van der Waals surface area contributed by atoms with E-state index in [9.17, 15) is 4.79 Å². The van der Waals surface area contributed by atoms with Crippen molar-refractivity contribution in [2.24, 2.45) is 5.11 Å². The zero-order valence-corrected chi connectivity index (χ0v) is 8.14. The topological polar surface area (TPSA) is 78.7 Å². The molecule has 1 rings (SSSR count). The minimum Gasteiger partial charge on any atom is -0.294 e. The maximum atomic E-state index is 10.9. The Morgan fingerprint density at radius 2 is 2.47 bits per heavy atom. The van der Waals surface area contributed by atoms with Gasteiger partial charge in [-0.15, -0.1) is 0 Å². The summed E-state index contributed by atoms with van der Waals surface area (Å²) in [5, 5.41) is 3.26. The van der Waals surface area contributed by atoms with Crippen LogP contribution in [0.5, 0.6) is 0 Å². The minimum atomic E-state index is -0.0314. The predicted octanol–water partition coefficient (Wildman–Crippen LogP) is 1.95. The molecule has 0 aromatic carbocycles. The molecule has 0 amide bonds. The van der Waals surface area contributed by atoms with Crippen LogP contribution in [0.2, 0.25) is 0 Å². The van der Waals surface area contributed by atoms with E-state index in [1.165, 1.54) is 13.1 Å². The third kappa shape index (κ3) is 3.51. The Morgan fingerprint density at radius 3 is 3.00 bits per heavy atom. The number of carbonyl (C=O) groups is 1. The van der Waals surface area contributed by atoms with Crippen molar-refractivity contribution in [3.8, 4) is 11.8 Å². The fourth-order valence-electron chi connectivity index (χ4n) is 0.873. The van der Waals surface area contributed by atoms with Gasteiger partial charge < -0.3 is 0 Å². The van der Waals surface area contributed by atoms with E-state index in [0.29, 0.717) is 11.3 Å². The van der Waals surface area contributed by atoms with Crippen LogP contribution >= 0.6 is 0 Å². The second-order valence-electron chi connectivity index (χ2n) is 2.68. The lowest BCUT2D eigenvalue weighted by Gasteiger charge is -1.93. The zero-order valence-electron chi connectivity index (χ0n) is 8.14. The van der Waals surface area contributed by atoms with Crippen molar-refractivity contribution in [3.05, 3.63) is 40.0 Å². The number of rotatable bonds is 2. The molecule has 0 unspecified atom stereocenters. The number of Topliss-reactive ketones (excluding diaryl/α,β-unsaturated/α-hetero) is 1. The molecule has 0 aliphatic rings. The number of carbonyl (C=O) groups excluding carboxylic acids is 1. The normalized spacial score (nSPS) is 8.33. The van der Waals surface area contributed by atoms with E-state index in [1.807, 2.05) is 0 Å².